The van der Waals surface area contributed by atoms with Crippen LogP contribution in [0.25, 0.3) is 11.0 Å². The summed E-state index contributed by atoms with van der Waals surface area (Å²) in [5.74, 6) is -0.560. The van der Waals surface area contributed by atoms with Crippen molar-refractivity contribution < 1.29 is 14.0 Å². The monoisotopic (exact) mass is 230 g/mol. The summed E-state index contributed by atoms with van der Waals surface area (Å²) in [5, 5.41) is 5.37. The molecule has 2 N–H and O–H groups in total. The van der Waals surface area contributed by atoms with Crippen molar-refractivity contribution in [2.45, 2.75) is 0 Å². The number of benzene rings is 1. The summed E-state index contributed by atoms with van der Waals surface area (Å²) in [6.07, 6.45) is 2.44. The van der Waals surface area contributed by atoms with Gasteiger partial charge in [-0.2, -0.15) is 0 Å². The van der Waals surface area contributed by atoms with Crippen molar-refractivity contribution in [3.63, 3.8) is 0 Å². The first-order chi connectivity index (χ1) is 8.20. The van der Waals surface area contributed by atoms with Gasteiger partial charge in [-0.05, 0) is 18.2 Å². The average Bonchev–Trinajstić information content (AvgIpc) is 2.72. The van der Waals surface area contributed by atoms with Gasteiger partial charge in [-0.15, -0.1) is 0 Å². The van der Waals surface area contributed by atoms with Gasteiger partial charge >= 0.3 is 6.03 Å². The van der Waals surface area contributed by atoms with Crippen LogP contribution in [-0.2, 0) is 4.79 Å². The fourth-order valence-electron chi connectivity index (χ4n) is 1.39. The predicted molar refractivity (Wildman–Crippen MR) is 63.6 cm³/mol. The molecule has 1 heterocycles. The second kappa shape index (κ2) is 4.52. The van der Waals surface area contributed by atoms with E-state index in [0.717, 1.165) is 11.5 Å². The second-order valence-corrected chi connectivity index (χ2v) is 3.29. The lowest BCUT2D eigenvalue weighted by atomic mass is 10.2. The Morgan fingerprint density at radius 2 is 2.06 bits per heavy atom. The maximum atomic E-state index is 11.4. The first-order valence-corrected chi connectivity index (χ1v) is 4.91. The molecule has 1 aromatic carbocycles. The van der Waals surface area contributed by atoms with Crippen molar-refractivity contribution in [2.75, 3.05) is 5.32 Å². The number of furan rings is 1. The quantitative estimate of drug-likeness (QED) is 0.777. The van der Waals surface area contributed by atoms with Crippen molar-refractivity contribution in [1.29, 1.82) is 0 Å². The zero-order chi connectivity index (χ0) is 12.3. The number of imide groups is 1. The Morgan fingerprint density at radius 1 is 1.29 bits per heavy atom. The number of anilines is 1. The normalized spacial score (nSPS) is 9.88. The van der Waals surface area contributed by atoms with E-state index in [2.05, 4.69) is 17.2 Å². The minimum atomic E-state index is -0.624. The van der Waals surface area contributed by atoms with Gasteiger partial charge < -0.3 is 9.73 Å². The Kier molecular flexibility index (Phi) is 2.91. The van der Waals surface area contributed by atoms with Gasteiger partial charge in [0, 0.05) is 5.39 Å². The van der Waals surface area contributed by atoms with Gasteiger partial charge in [0.15, 0.2) is 0 Å². The molecule has 0 aliphatic heterocycles. The molecule has 0 unspecified atom stereocenters. The van der Waals surface area contributed by atoms with Gasteiger partial charge in [-0.1, -0.05) is 18.7 Å². The molecule has 0 saturated heterocycles. The first kappa shape index (κ1) is 10.9. The molecule has 0 fully saturated rings. The van der Waals surface area contributed by atoms with Crippen molar-refractivity contribution in [3.8, 4) is 0 Å². The van der Waals surface area contributed by atoms with Crippen molar-refractivity contribution in [3.05, 3.63) is 43.2 Å². The number of amides is 3. The Labute approximate surface area is 97.1 Å². The molecule has 3 amide bonds. The van der Waals surface area contributed by atoms with Crippen LogP contribution in [0.4, 0.5) is 10.5 Å². The first-order valence-electron chi connectivity index (χ1n) is 4.91. The zero-order valence-corrected chi connectivity index (χ0v) is 8.90. The van der Waals surface area contributed by atoms with Crippen LogP contribution in [0.2, 0.25) is 0 Å². The van der Waals surface area contributed by atoms with E-state index in [4.69, 9.17) is 4.42 Å². The molecule has 5 nitrogen and oxygen atoms in total. The summed E-state index contributed by atoms with van der Waals surface area (Å²) in [6, 6.07) is 6.63. The van der Waals surface area contributed by atoms with Gasteiger partial charge in [0.25, 0.3) is 5.91 Å². The van der Waals surface area contributed by atoms with E-state index >= 15 is 0 Å². The molecule has 2 aromatic rings. The summed E-state index contributed by atoms with van der Waals surface area (Å²) in [4.78, 5) is 22.3. The van der Waals surface area contributed by atoms with Crippen LogP contribution in [0.1, 0.15) is 0 Å². The molecule has 0 radical (unpaired) electrons. The highest BCUT2D eigenvalue weighted by atomic mass is 16.3. The lowest BCUT2D eigenvalue weighted by Gasteiger charge is -2.02. The second-order valence-electron chi connectivity index (χ2n) is 3.29. The van der Waals surface area contributed by atoms with Crippen LogP contribution in [0.3, 0.4) is 0 Å². The minimum absolute atomic E-state index is 0.509. The standard InChI is InChI=1S/C12H10N2O3/c1-2-11(15)14-12(16)13-9-7-17-10-6-4-3-5-8(9)10/h2-7H,1H2,(H2,13,14,15,16). The van der Waals surface area contributed by atoms with Crippen LogP contribution < -0.4 is 10.6 Å². The molecule has 0 atom stereocenters. The molecule has 0 spiro atoms. The minimum Gasteiger partial charge on any atom is -0.462 e. The third kappa shape index (κ3) is 2.34. The molecular formula is C12H10N2O3. The Balaban J connectivity index is 2.16. The van der Waals surface area contributed by atoms with Crippen LogP contribution in [-0.4, -0.2) is 11.9 Å². The van der Waals surface area contributed by atoms with E-state index in [-0.39, 0.29) is 0 Å². The topological polar surface area (TPSA) is 71.3 Å². The highest BCUT2D eigenvalue weighted by molar-refractivity contribution is 6.07. The van der Waals surface area contributed by atoms with E-state index in [1.54, 1.807) is 6.07 Å². The van der Waals surface area contributed by atoms with Gasteiger partial charge in [-0.25, -0.2) is 4.79 Å². The molecule has 1 aromatic heterocycles. The number of carbonyl (C=O) groups is 2. The highest BCUT2D eigenvalue weighted by Crippen LogP contribution is 2.24. The van der Waals surface area contributed by atoms with Crippen LogP contribution >= 0.6 is 0 Å². The number of carbonyl (C=O) groups excluding carboxylic acids is 2. The highest BCUT2D eigenvalue weighted by Gasteiger charge is 2.09. The van der Waals surface area contributed by atoms with Crippen molar-refractivity contribution in [2.24, 2.45) is 0 Å². The number of para-hydroxylation sites is 1. The van der Waals surface area contributed by atoms with Crippen LogP contribution in [0, 0.1) is 0 Å². The fourth-order valence-corrected chi connectivity index (χ4v) is 1.39. The van der Waals surface area contributed by atoms with Gasteiger partial charge in [0.1, 0.15) is 11.8 Å². The number of hydrogen-bond donors (Lipinski definition) is 2. The SMILES string of the molecule is C=CC(=O)NC(=O)Nc1coc2ccccc12. The molecule has 0 bridgehead atoms. The van der Waals surface area contributed by atoms with E-state index in [1.807, 2.05) is 18.2 Å². The molecule has 2 rings (SSSR count). The maximum Gasteiger partial charge on any atom is 0.326 e. The van der Waals surface area contributed by atoms with Crippen molar-refractivity contribution in [1.82, 2.24) is 5.32 Å². The average molecular weight is 230 g/mol. The molecule has 86 valence electrons. The number of nitrogens with one attached hydrogen (secondary N) is 2. The lowest BCUT2D eigenvalue weighted by Crippen LogP contribution is -2.32. The maximum absolute atomic E-state index is 11.4. The third-order valence-electron chi connectivity index (χ3n) is 2.15. The number of fused-ring (bicyclic) bond motifs is 1. The zero-order valence-electron chi connectivity index (χ0n) is 8.90. The molecule has 0 aliphatic carbocycles. The molecule has 5 heteroatoms. The summed E-state index contributed by atoms with van der Waals surface area (Å²) < 4.78 is 5.23. The molecule has 0 aliphatic rings. The molecule has 0 saturated carbocycles. The fraction of sp³-hybridized carbons (Fsp3) is 0. The van der Waals surface area contributed by atoms with Crippen molar-refractivity contribution >= 4 is 28.6 Å². The van der Waals surface area contributed by atoms with E-state index < -0.39 is 11.9 Å². The van der Waals surface area contributed by atoms with Gasteiger partial charge in [0.05, 0.1) is 5.69 Å². The molecule has 17 heavy (non-hydrogen) atoms. The number of hydrogen-bond acceptors (Lipinski definition) is 3. The van der Waals surface area contributed by atoms with Crippen LogP contribution in [0.5, 0.6) is 0 Å². The summed E-state index contributed by atoms with van der Waals surface area (Å²) >= 11 is 0. The smallest absolute Gasteiger partial charge is 0.326 e. The van der Waals surface area contributed by atoms with Gasteiger partial charge in [-0.3, -0.25) is 10.1 Å². The Bertz CT molecular complexity index is 586. The van der Waals surface area contributed by atoms with Crippen LogP contribution in [0.15, 0.2) is 47.6 Å². The Hall–Kier alpha value is -2.56. The van der Waals surface area contributed by atoms with E-state index in [0.29, 0.717) is 11.3 Å². The predicted octanol–water partition coefficient (Wildman–Crippen LogP) is 2.27. The van der Waals surface area contributed by atoms with E-state index in [9.17, 15) is 9.59 Å². The summed E-state index contributed by atoms with van der Waals surface area (Å²) in [7, 11) is 0. The Morgan fingerprint density at radius 3 is 2.82 bits per heavy atom. The molecular weight excluding hydrogens is 220 g/mol. The van der Waals surface area contributed by atoms with E-state index in [1.165, 1.54) is 6.26 Å². The lowest BCUT2D eigenvalue weighted by molar-refractivity contribution is -0.115. The number of rotatable bonds is 2. The largest absolute Gasteiger partial charge is 0.462 e. The summed E-state index contributed by atoms with van der Waals surface area (Å²) in [6.45, 7) is 3.25. The summed E-state index contributed by atoms with van der Waals surface area (Å²) in [5.41, 5.74) is 1.17. The number of urea groups is 1. The van der Waals surface area contributed by atoms with Gasteiger partial charge in [0.2, 0.25) is 0 Å². The third-order valence-corrected chi connectivity index (χ3v) is 2.15.